The van der Waals surface area contributed by atoms with Crippen molar-refractivity contribution in [3.63, 3.8) is 0 Å². The van der Waals surface area contributed by atoms with Crippen LogP contribution < -0.4 is 5.32 Å². The lowest BCUT2D eigenvalue weighted by atomic mass is 9.86. The molecule has 1 saturated carbocycles. The van der Waals surface area contributed by atoms with E-state index in [9.17, 15) is 4.79 Å². The highest BCUT2D eigenvalue weighted by atomic mass is 16.5. The van der Waals surface area contributed by atoms with Gasteiger partial charge in [0.1, 0.15) is 5.82 Å². The predicted octanol–water partition coefficient (Wildman–Crippen LogP) is 3.38. The highest BCUT2D eigenvalue weighted by Crippen LogP contribution is 2.27. The van der Waals surface area contributed by atoms with Gasteiger partial charge in [-0.2, -0.15) is 0 Å². The molecule has 1 aliphatic rings. The van der Waals surface area contributed by atoms with Crippen LogP contribution in [-0.4, -0.2) is 28.7 Å². The second-order valence-corrected chi connectivity index (χ2v) is 6.52. The molecule has 0 atom stereocenters. The van der Waals surface area contributed by atoms with E-state index < -0.39 is 0 Å². The van der Waals surface area contributed by atoms with Crippen LogP contribution in [0.4, 0.5) is 5.69 Å². The number of carbonyl (C=O) groups excluding carboxylic acids is 1. The average molecular weight is 327 g/mol. The molecule has 0 spiro atoms. The molecule has 5 nitrogen and oxygen atoms in total. The molecule has 0 radical (unpaired) electrons. The molecule has 3 rings (SSSR count). The molecule has 128 valence electrons. The first-order valence-corrected chi connectivity index (χ1v) is 8.56. The molecular weight excluding hydrogens is 302 g/mol. The van der Waals surface area contributed by atoms with Gasteiger partial charge in [-0.3, -0.25) is 4.79 Å². The minimum Gasteiger partial charge on any atom is -0.469 e. The molecule has 2 aromatic rings. The molecule has 1 heterocycles. The Hall–Kier alpha value is -2.30. The largest absolute Gasteiger partial charge is 0.469 e. The topological polar surface area (TPSA) is 56.1 Å². The molecule has 1 fully saturated rings. The number of nitrogens with one attached hydrogen (secondary N) is 1. The predicted molar refractivity (Wildman–Crippen MR) is 93.9 cm³/mol. The number of aromatic nitrogens is 2. The van der Waals surface area contributed by atoms with Gasteiger partial charge in [0.2, 0.25) is 0 Å². The van der Waals surface area contributed by atoms with Gasteiger partial charge in [0.15, 0.2) is 0 Å². The van der Waals surface area contributed by atoms with Gasteiger partial charge < -0.3 is 14.6 Å². The fourth-order valence-electron chi connectivity index (χ4n) is 3.35. The summed E-state index contributed by atoms with van der Waals surface area (Å²) in [4.78, 5) is 15.8. The Kier molecular flexibility index (Phi) is 5.18. The third-order valence-corrected chi connectivity index (χ3v) is 4.86. The van der Waals surface area contributed by atoms with Crippen LogP contribution >= 0.6 is 0 Å². The monoisotopic (exact) mass is 327 g/mol. The van der Waals surface area contributed by atoms with Crippen molar-refractivity contribution >= 4 is 11.7 Å². The number of hydrogen-bond acceptors (Lipinski definition) is 4. The van der Waals surface area contributed by atoms with Crippen molar-refractivity contribution in [2.24, 2.45) is 5.92 Å². The number of rotatable bonds is 5. The summed E-state index contributed by atoms with van der Waals surface area (Å²) in [6, 6.07) is 9.01. The highest BCUT2D eigenvalue weighted by Gasteiger charge is 2.26. The van der Waals surface area contributed by atoms with E-state index in [-0.39, 0.29) is 11.9 Å². The summed E-state index contributed by atoms with van der Waals surface area (Å²) >= 11 is 0. The first kappa shape index (κ1) is 16.6. The van der Waals surface area contributed by atoms with Crippen molar-refractivity contribution in [2.45, 2.75) is 45.2 Å². The summed E-state index contributed by atoms with van der Waals surface area (Å²) < 4.78 is 6.98. The molecule has 1 aromatic heterocycles. The van der Waals surface area contributed by atoms with Crippen LogP contribution in [-0.2, 0) is 16.1 Å². The maximum absolute atomic E-state index is 11.6. The summed E-state index contributed by atoms with van der Waals surface area (Å²) in [5.74, 6) is 1.04. The van der Waals surface area contributed by atoms with E-state index >= 15 is 0 Å². The Bertz CT molecular complexity index is 670. The van der Waals surface area contributed by atoms with Crippen molar-refractivity contribution < 1.29 is 9.53 Å². The summed E-state index contributed by atoms with van der Waals surface area (Å²) in [6.45, 7) is 2.86. The number of nitrogens with zero attached hydrogens (tertiary/aromatic N) is 2. The molecule has 5 heteroatoms. The molecule has 0 unspecified atom stereocenters. The average Bonchev–Trinajstić information content (AvgIpc) is 3.01. The zero-order chi connectivity index (χ0) is 16.9. The van der Waals surface area contributed by atoms with Crippen molar-refractivity contribution in [1.82, 2.24) is 9.55 Å². The zero-order valence-electron chi connectivity index (χ0n) is 14.4. The standard InChI is InChI=1S/C19H25N3O2/c1-14-20-11-12-22(14)13-15-3-7-17(8-4-15)21-18-9-5-16(6-10-18)19(23)24-2/h3-4,7-8,11-12,16,18,21H,5-6,9-10,13H2,1-2H3. The Morgan fingerprint density at radius 1 is 1.25 bits per heavy atom. The van der Waals surface area contributed by atoms with Gasteiger partial charge in [0, 0.05) is 30.7 Å². The quantitative estimate of drug-likeness (QED) is 0.855. The number of benzene rings is 1. The number of ether oxygens (including phenoxy) is 1. The van der Waals surface area contributed by atoms with Gasteiger partial charge in [-0.15, -0.1) is 0 Å². The van der Waals surface area contributed by atoms with Gasteiger partial charge >= 0.3 is 5.97 Å². The van der Waals surface area contributed by atoms with Crippen LogP contribution in [0.5, 0.6) is 0 Å². The van der Waals surface area contributed by atoms with E-state index in [2.05, 4.69) is 39.1 Å². The molecule has 1 aliphatic carbocycles. The summed E-state index contributed by atoms with van der Waals surface area (Å²) in [5, 5.41) is 3.58. The molecule has 0 aliphatic heterocycles. The lowest BCUT2D eigenvalue weighted by Crippen LogP contribution is -2.29. The number of methoxy groups -OCH3 is 1. The van der Waals surface area contributed by atoms with E-state index in [4.69, 9.17) is 4.74 Å². The number of esters is 1. The smallest absolute Gasteiger partial charge is 0.308 e. The maximum Gasteiger partial charge on any atom is 0.308 e. The first-order valence-electron chi connectivity index (χ1n) is 8.56. The molecule has 0 saturated heterocycles. The van der Waals surface area contributed by atoms with Crippen LogP contribution in [0.2, 0.25) is 0 Å². The lowest BCUT2D eigenvalue weighted by molar-refractivity contribution is -0.146. The number of aryl methyl sites for hydroxylation is 1. The van der Waals surface area contributed by atoms with Gasteiger partial charge in [-0.1, -0.05) is 12.1 Å². The van der Waals surface area contributed by atoms with Crippen LogP contribution in [0, 0.1) is 12.8 Å². The minimum absolute atomic E-state index is 0.0624. The third kappa shape index (κ3) is 3.96. The van der Waals surface area contributed by atoms with E-state index in [1.165, 1.54) is 12.7 Å². The maximum atomic E-state index is 11.6. The fourth-order valence-corrected chi connectivity index (χ4v) is 3.35. The fraction of sp³-hybridized carbons (Fsp3) is 0.474. The van der Waals surface area contributed by atoms with Crippen LogP contribution in [0.1, 0.15) is 37.1 Å². The SMILES string of the molecule is COC(=O)C1CCC(Nc2ccc(Cn3ccnc3C)cc2)CC1. The van der Waals surface area contributed by atoms with E-state index in [0.717, 1.165) is 43.7 Å². The highest BCUT2D eigenvalue weighted by molar-refractivity contribution is 5.72. The van der Waals surface area contributed by atoms with Crippen LogP contribution in [0.15, 0.2) is 36.7 Å². The van der Waals surface area contributed by atoms with Gasteiger partial charge in [0.05, 0.1) is 13.0 Å². The normalized spacial score (nSPS) is 20.6. The molecule has 1 aromatic carbocycles. The van der Waals surface area contributed by atoms with E-state index in [0.29, 0.717) is 6.04 Å². The minimum atomic E-state index is -0.0624. The summed E-state index contributed by atoms with van der Waals surface area (Å²) in [6.07, 6.45) is 7.66. The number of carbonyl (C=O) groups is 1. The first-order chi connectivity index (χ1) is 11.7. The molecule has 0 amide bonds. The molecule has 0 bridgehead atoms. The molecule has 24 heavy (non-hydrogen) atoms. The second kappa shape index (κ2) is 7.51. The van der Waals surface area contributed by atoms with Crippen molar-refractivity contribution in [3.05, 3.63) is 48.0 Å². The van der Waals surface area contributed by atoms with Gasteiger partial charge in [-0.25, -0.2) is 4.98 Å². The van der Waals surface area contributed by atoms with Crippen molar-refractivity contribution in [1.29, 1.82) is 0 Å². The van der Waals surface area contributed by atoms with E-state index in [1.807, 2.05) is 19.3 Å². The van der Waals surface area contributed by atoms with Gasteiger partial charge in [-0.05, 0) is 50.3 Å². The number of hydrogen-bond donors (Lipinski definition) is 1. The summed E-state index contributed by atoms with van der Waals surface area (Å²) in [7, 11) is 1.47. The van der Waals surface area contributed by atoms with Crippen molar-refractivity contribution in [3.8, 4) is 0 Å². The van der Waals surface area contributed by atoms with Crippen molar-refractivity contribution in [2.75, 3.05) is 12.4 Å². The summed E-state index contributed by atoms with van der Waals surface area (Å²) in [5.41, 5.74) is 2.40. The number of imidazole rings is 1. The zero-order valence-corrected chi connectivity index (χ0v) is 14.4. The Labute approximate surface area is 143 Å². The third-order valence-electron chi connectivity index (χ3n) is 4.86. The second-order valence-electron chi connectivity index (χ2n) is 6.52. The molecule has 1 N–H and O–H groups in total. The van der Waals surface area contributed by atoms with E-state index in [1.54, 1.807) is 0 Å². The Morgan fingerprint density at radius 3 is 2.54 bits per heavy atom. The van der Waals surface area contributed by atoms with Crippen LogP contribution in [0.3, 0.4) is 0 Å². The van der Waals surface area contributed by atoms with Gasteiger partial charge in [0.25, 0.3) is 0 Å². The number of anilines is 1. The Balaban J connectivity index is 1.52. The molecular formula is C19H25N3O2. The lowest BCUT2D eigenvalue weighted by Gasteiger charge is -2.28. The van der Waals surface area contributed by atoms with Crippen LogP contribution in [0.25, 0.3) is 0 Å². The Morgan fingerprint density at radius 2 is 1.96 bits per heavy atom.